The van der Waals surface area contributed by atoms with Crippen LogP contribution in [-0.2, 0) is 19.5 Å². The van der Waals surface area contributed by atoms with E-state index in [2.05, 4.69) is 10.6 Å². The summed E-state index contributed by atoms with van der Waals surface area (Å²) in [5.41, 5.74) is 2.61. The van der Waals surface area contributed by atoms with Crippen LogP contribution >= 0.6 is 12.2 Å². The normalized spacial score (nSPS) is 14.7. The van der Waals surface area contributed by atoms with Crippen molar-refractivity contribution in [3.05, 3.63) is 53.6 Å². The van der Waals surface area contributed by atoms with Gasteiger partial charge in [-0.25, -0.2) is 13.2 Å². The van der Waals surface area contributed by atoms with Crippen molar-refractivity contribution in [1.82, 2.24) is 4.31 Å². The topological polar surface area (TPSA) is 97.0 Å². The SMILES string of the molecule is COC(=O)c1ccc(C)c(NC(=S)Nc2ccc(S(=O)(=O)N3CCOCC3)cc2)c1. The summed E-state index contributed by atoms with van der Waals surface area (Å²) in [6.45, 7) is 3.38. The second kappa shape index (κ2) is 9.52. The molecule has 0 unspecified atom stereocenters. The molecule has 2 aromatic carbocycles. The van der Waals surface area contributed by atoms with Crippen molar-refractivity contribution in [3.63, 3.8) is 0 Å². The largest absolute Gasteiger partial charge is 0.465 e. The fraction of sp³-hybridized carbons (Fsp3) is 0.300. The molecular formula is C20H23N3O5S2. The van der Waals surface area contributed by atoms with Crippen molar-refractivity contribution in [2.24, 2.45) is 0 Å². The zero-order chi connectivity index (χ0) is 21.7. The van der Waals surface area contributed by atoms with Crippen LogP contribution < -0.4 is 10.6 Å². The molecule has 0 radical (unpaired) electrons. The van der Waals surface area contributed by atoms with Crippen molar-refractivity contribution in [1.29, 1.82) is 0 Å². The number of nitrogens with one attached hydrogen (secondary N) is 2. The first-order valence-electron chi connectivity index (χ1n) is 9.26. The minimum atomic E-state index is -3.54. The number of rotatable bonds is 5. The molecule has 1 fully saturated rings. The predicted octanol–water partition coefficient (Wildman–Crippen LogP) is 2.61. The Balaban J connectivity index is 1.67. The van der Waals surface area contributed by atoms with Gasteiger partial charge >= 0.3 is 5.97 Å². The first kappa shape index (κ1) is 22.2. The van der Waals surface area contributed by atoms with E-state index < -0.39 is 16.0 Å². The number of sulfonamides is 1. The van der Waals surface area contributed by atoms with E-state index >= 15 is 0 Å². The lowest BCUT2D eigenvalue weighted by Gasteiger charge is -2.26. The van der Waals surface area contributed by atoms with E-state index in [9.17, 15) is 13.2 Å². The molecule has 8 nitrogen and oxygen atoms in total. The number of hydrogen-bond acceptors (Lipinski definition) is 6. The second-order valence-electron chi connectivity index (χ2n) is 6.64. The number of anilines is 2. The van der Waals surface area contributed by atoms with Crippen LogP contribution in [0.5, 0.6) is 0 Å². The molecule has 0 spiro atoms. The number of carbonyl (C=O) groups excluding carboxylic acids is 1. The minimum absolute atomic E-state index is 0.218. The number of benzene rings is 2. The Hall–Kier alpha value is -2.53. The third-order valence-electron chi connectivity index (χ3n) is 4.63. The van der Waals surface area contributed by atoms with Gasteiger partial charge in [-0.3, -0.25) is 0 Å². The van der Waals surface area contributed by atoms with E-state index in [0.717, 1.165) is 5.56 Å². The average Bonchev–Trinajstić information content (AvgIpc) is 2.75. The van der Waals surface area contributed by atoms with Crippen LogP contribution in [0.15, 0.2) is 47.4 Å². The standard InChI is InChI=1S/C20H23N3O5S2/c1-14-3-4-15(19(24)27-2)13-18(14)22-20(29)21-16-5-7-17(8-6-16)30(25,26)23-9-11-28-12-10-23/h3-8,13H,9-12H2,1-2H3,(H2,21,22,29). The lowest BCUT2D eigenvalue weighted by molar-refractivity contribution is 0.0600. The Morgan fingerprint density at radius 2 is 1.77 bits per heavy atom. The number of hydrogen-bond donors (Lipinski definition) is 2. The first-order chi connectivity index (χ1) is 14.3. The zero-order valence-electron chi connectivity index (χ0n) is 16.7. The molecule has 10 heteroatoms. The number of esters is 1. The van der Waals surface area contributed by atoms with Crippen LogP contribution in [0.3, 0.4) is 0 Å². The number of methoxy groups -OCH3 is 1. The number of nitrogens with zero attached hydrogens (tertiary/aromatic N) is 1. The number of morpholine rings is 1. The third kappa shape index (κ3) is 5.14. The van der Waals surface area contributed by atoms with Gasteiger partial charge in [0.2, 0.25) is 10.0 Å². The van der Waals surface area contributed by atoms with Crippen molar-refractivity contribution in [3.8, 4) is 0 Å². The van der Waals surface area contributed by atoms with Gasteiger partial charge in [-0.1, -0.05) is 6.07 Å². The maximum absolute atomic E-state index is 12.7. The average molecular weight is 450 g/mol. The summed E-state index contributed by atoms with van der Waals surface area (Å²) < 4.78 is 36.7. The predicted molar refractivity (Wildman–Crippen MR) is 118 cm³/mol. The highest BCUT2D eigenvalue weighted by Crippen LogP contribution is 2.21. The summed E-state index contributed by atoms with van der Waals surface area (Å²) in [6.07, 6.45) is 0. The van der Waals surface area contributed by atoms with Crippen LogP contribution in [0.2, 0.25) is 0 Å². The van der Waals surface area contributed by atoms with Gasteiger partial charge in [-0.05, 0) is 61.1 Å². The van der Waals surface area contributed by atoms with E-state index in [4.69, 9.17) is 21.7 Å². The van der Waals surface area contributed by atoms with Crippen LogP contribution in [0.25, 0.3) is 0 Å². The molecule has 0 atom stereocenters. The summed E-state index contributed by atoms with van der Waals surface area (Å²) in [6, 6.07) is 11.5. The quantitative estimate of drug-likeness (QED) is 0.531. The lowest BCUT2D eigenvalue weighted by atomic mass is 10.1. The van der Waals surface area contributed by atoms with Gasteiger partial charge in [0.25, 0.3) is 0 Å². The fourth-order valence-corrected chi connectivity index (χ4v) is 4.57. The van der Waals surface area contributed by atoms with Crippen LogP contribution in [0.4, 0.5) is 11.4 Å². The Morgan fingerprint density at radius 3 is 2.40 bits per heavy atom. The molecule has 2 aromatic rings. The molecule has 0 bridgehead atoms. The number of thiocarbonyl (C=S) groups is 1. The summed E-state index contributed by atoms with van der Waals surface area (Å²) in [4.78, 5) is 11.9. The second-order valence-corrected chi connectivity index (χ2v) is 8.99. The monoisotopic (exact) mass is 449 g/mol. The maximum atomic E-state index is 12.7. The molecule has 1 heterocycles. The number of ether oxygens (including phenoxy) is 2. The van der Waals surface area contributed by atoms with Crippen molar-refractivity contribution >= 4 is 44.7 Å². The maximum Gasteiger partial charge on any atom is 0.337 e. The zero-order valence-corrected chi connectivity index (χ0v) is 18.3. The number of carbonyl (C=O) groups is 1. The van der Waals surface area contributed by atoms with Crippen molar-refractivity contribution < 1.29 is 22.7 Å². The van der Waals surface area contributed by atoms with Gasteiger partial charge in [0.15, 0.2) is 5.11 Å². The van der Waals surface area contributed by atoms with Gasteiger partial charge in [-0.2, -0.15) is 4.31 Å². The molecule has 30 heavy (non-hydrogen) atoms. The number of aryl methyl sites for hydroxylation is 1. The van der Waals surface area contributed by atoms with E-state index in [-0.39, 0.29) is 4.90 Å². The molecule has 0 amide bonds. The molecule has 1 aliphatic rings. The van der Waals surface area contributed by atoms with Crippen LogP contribution in [-0.4, -0.2) is 57.2 Å². The molecular weight excluding hydrogens is 426 g/mol. The van der Waals surface area contributed by atoms with Crippen LogP contribution in [0.1, 0.15) is 15.9 Å². The molecule has 1 aliphatic heterocycles. The van der Waals surface area contributed by atoms with Crippen molar-refractivity contribution in [2.75, 3.05) is 44.0 Å². The summed E-state index contributed by atoms with van der Waals surface area (Å²) in [7, 11) is -2.22. The van der Waals surface area contributed by atoms with Crippen molar-refractivity contribution in [2.45, 2.75) is 11.8 Å². The Labute approximate surface area is 181 Å². The fourth-order valence-electron chi connectivity index (χ4n) is 2.93. The molecule has 0 aliphatic carbocycles. The highest BCUT2D eigenvalue weighted by Gasteiger charge is 2.26. The van der Waals surface area contributed by atoms with Gasteiger partial charge < -0.3 is 20.1 Å². The van der Waals surface area contributed by atoms with E-state index in [1.807, 2.05) is 6.92 Å². The van der Waals surface area contributed by atoms with Gasteiger partial charge in [0.05, 0.1) is 30.8 Å². The lowest BCUT2D eigenvalue weighted by Crippen LogP contribution is -2.40. The molecule has 160 valence electrons. The summed E-state index contributed by atoms with van der Waals surface area (Å²) in [5, 5.41) is 6.37. The molecule has 0 saturated carbocycles. The third-order valence-corrected chi connectivity index (χ3v) is 6.74. The van der Waals surface area contributed by atoms with E-state index in [1.54, 1.807) is 42.5 Å². The smallest absolute Gasteiger partial charge is 0.337 e. The highest BCUT2D eigenvalue weighted by atomic mass is 32.2. The highest BCUT2D eigenvalue weighted by molar-refractivity contribution is 7.89. The minimum Gasteiger partial charge on any atom is -0.465 e. The van der Waals surface area contributed by atoms with Gasteiger partial charge in [0.1, 0.15) is 0 Å². The van der Waals surface area contributed by atoms with E-state index in [0.29, 0.717) is 48.4 Å². The summed E-state index contributed by atoms with van der Waals surface area (Å²) in [5.74, 6) is -0.436. The molecule has 1 saturated heterocycles. The van der Waals surface area contributed by atoms with Gasteiger partial charge in [-0.15, -0.1) is 0 Å². The molecule has 0 aromatic heterocycles. The van der Waals surface area contributed by atoms with E-state index in [1.165, 1.54) is 11.4 Å². The Morgan fingerprint density at radius 1 is 1.10 bits per heavy atom. The molecule has 2 N–H and O–H groups in total. The molecule has 3 rings (SSSR count). The Kier molecular flexibility index (Phi) is 7.03. The first-order valence-corrected chi connectivity index (χ1v) is 11.1. The van der Waals surface area contributed by atoms with Crippen LogP contribution in [0, 0.1) is 6.92 Å². The van der Waals surface area contributed by atoms with Gasteiger partial charge in [0, 0.05) is 24.5 Å². The Bertz CT molecular complexity index is 1030. The summed E-state index contributed by atoms with van der Waals surface area (Å²) >= 11 is 5.34.